The first kappa shape index (κ1) is 27.7. The fourth-order valence-corrected chi connectivity index (χ4v) is 5.47. The maximum atomic E-state index is 13.0. The Hall–Kier alpha value is -4.35. The SMILES string of the molecule is Cc1nc(-c2cccc(CNC(=O)C(=O)Nc3ccc(-c4ccccc4S(=O)(=O)NC(C)(C)C)cc3)c2)no1. The third kappa shape index (κ3) is 7.15. The summed E-state index contributed by atoms with van der Waals surface area (Å²) in [5.41, 5.74) is 2.40. The van der Waals surface area contributed by atoms with E-state index in [-0.39, 0.29) is 11.4 Å². The molecule has 0 saturated heterocycles. The van der Waals surface area contributed by atoms with Crippen LogP contribution < -0.4 is 15.4 Å². The minimum Gasteiger partial charge on any atom is -0.344 e. The zero-order valence-corrected chi connectivity index (χ0v) is 22.8. The predicted molar refractivity (Wildman–Crippen MR) is 147 cm³/mol. The molecule has 0 spiro atoms. The second-order valence-electron chi connectivity index (χ2n) is 9.90. The van der Waals surface area contributed by atoms with Crippen LogP contribution in [0.25, 0.3) is 22.5 Å². The van der Waals surface area contributed by atoms with Gasteiger partial charge in [-0.2, -0.15) is 4.98 Å². The van der Waals surface area contributed by atoms with Crippen molar-refractivity contribution in [3.8, 4) is 22.5 Å². The highest BCUT2D eigenvalue weighted by molar-refractivity contribution is 7.89. The van der Waals surface area contributed by atoms with Crippen LogP contribution in [0.15, 0.2) is 82.2 Å². The lowest BCUT2D eigenvalue weighted by molar-refractivity contribution is -0.136. The average molecular weight is 548 g/mol. The van der Waals surface area contributed by atoms with Crippen molar-refractivity contribution >= 4 is 27.5 Å². The smallest absolute Gasteiger partial charge is 0.313 e. The van der Waals surface area contributed by atoms with Crippen LogP contribution in [0.4, 0.5) is 5.69 Å². The number of carbonyl (C=O) groups excluding carboxylic acids is 2. The van der Waals surface area contributed by atoms with E-state index in [0.29, 0.717) is 28.5 Å². The Kier molecular flexibility index (Phi) is 7.93. The molecule has 11 heteroatoms. The van der Waals surface area contributed by atoms with Gasteiger partial charge in [-0.25, -0.2) is 13.1 Å². The van der Waals surface area contributed by atoms with Gasteiger partial charge in [-0.05, 0) is 56.2 Å². The molecule has 0 fully saturated rings. The van der Waals surface area contributed by atoms with Crippen molar-refractivity contribution in [3.63, 3.8) is 0 Å². The van der Waals surface area contributed by atoms with E-state index in [1.165, 1.54) is 0 Å². The van der Waals surface area contributed by atoms with E-state index < -0.39 is 27.4 Å². The number of nitrogens with one attached hydrogen (secondary N) is 3. The summed E-state index contributed by atoms with van der Waals surface area (Å²) >= 11 is 0. The number of aryl methyl sites for hydroxylation is 1. The largest absolute Gasteiger partial charge is 0.344 e. The van der Waals surface area contributed by atoms with E-state index in [1.54, 1.807) is 88.4 Å². The van der Waals surface area contributed by atoms with Crippen LogP contribution in [-0.4, -0.2) is 35.9 Å². The summed E-state index contributed by atoms with van der Waals surface area (Å²) in [5, 5.41) is 9.04. The topological polar surface area (TPSA) is 143 Å². The molecule has 0 aliphatic heterocycles. The van der Waals surface area contributed by atoms with Crippen molar-refractivity contribution in [2.75, 3.05) is 5.32 Å². The summed E-state index contributed by atoms with van der Waals surface area (Å²) in [7, 11) is -3.77. The Morgan fingerprint density at radius 2 is 1.62 bits per heavy atom. The molecule has 0 saturated carbocycles. The van der Waals surface area contributed by atoms with Gasteiger partial charge in [0, 0.05) is 35.8 Å². The number of aromatic nitrogens is 2. The van der Waals surface area contributed by atoms with Gasteiger partial charge in [-0.1, -0.05) is 53.7 Å². The molecule has 3 aromatic carbocycles. The zero-order valence-electron chi connectivity index (χ0n) is 22.0. The van der Waals surface area contributed by atoms with Crippen LogP contribution in [0.1, 0.15) is 32.2 Å². The molecule has 4 rings (SSSR count). The Bertz CT molecular complexity index is 1610. The Morgan fingerprint density at radius 1 is 0.897 bits per heavy atom. The van der Waals surface area contributed by atoms with E-state index in [2.05, 4.69) is 25.5 Å². The van der Waals surface area contributed by atoms with Crippen LogP contribution >= 0.6 is 0 Å². The monoisotopic (exact) mass is 547 g/mol. The van der Waals surface area contributed by atoms with Gasteiger partial charge < -0.3 is 15.2 Å². The number of amides is 2. The van der Waals surface area contributed by atoms with Crippen LogP contribution in [0.2, 0.25) is 0 Å². The highest BCUT2D eigenvalue weighted by Crippen LogP contribution is 2.29. The Labute approximate surface area is 226 Å². The number of rotatable bonds is 7. The molecule has 0 bridgehead atoms. The van der Waals surface area contributed by atoms with E-state index in [9.17, 15) is 18.0 Å². The standard InChI is InChI=1S/C28H29N5O5S/c1-18-30-25(32-38-18)21-9-7-8-19(16-21)17-29-26(34)27(35)31-22-14-12-20(13-15-22)23-10-5-6-11-24(23)39(36,37)33-28(2,3)4/h5-16,33H,17H2,1-4H3,(H,29,34)(H,31,35). The molecule has 202 valence electrons. The molecule has 1 heterocycles. The van der Waals surface area contributed by atoms with E-state index in [4.69, 9.17) is 4.52 Å². The second kappa shape index (κ2) is 11.2. The first-order valence-electron chi connectivity index (χ1n) is 12.1. The third-order valence-electron chi connectivity index (χ3n) is 5.44. The second-order valence-corrected chi connectivity index (χ2v) is 11.6. The molecule has 1 aromatic heterocycles. The van der Waals surface area contributed by atoms with Crippen LogP contribution in [0, 0.1) is 6.92 Å². The van der Waals surface area contributed by atoms with Crippen LogP contribution in [0.5, 0.6) is 0 Å². The summed E-state index contributed by atoms with van der Waals surface area (Å²) in [6, 6.07) is 20.5. The van der Waals surface area contributed by atoms with Crippen LogP contribution in [0.3, 0.4) is 0 Å². The van der Waals surface area contributed by atoms with Crippen molar-refractivity contribution < 1.29 is 22.5 Å². The number of benzene rings is 3. The molecule has 0 aliphatic rings. The molecule has 2 amide bonds. The van der Waals surface area contributed by atoms with Gasteiger partial charge in [0.1, 0.15) is 0 Å². The molecule has 3 N–H and O–H groups in total. The van der Waals surface area contributed by atoms with Gasteiger partial charge in [0.2, 0.25) is 21.7 Å². The minimum atomic E-state index is -3.77. The summed E-state index contributed by atoms with van der Waals surface area (Å²) < 4.78 is 33.6. The third-order valence-corrected chi connectivity index (χ3v) is 7.26. The summed E-state index contributed by atoms with van der Waals surface area (Å²) in [6.45, 7) is 7.14. The van der Waals surface area contributed by atoms with Crippen molar-refractivity contribution in [1.82, 2.24) is 20.2 Å². The normalized spacial score (nSPS) is 11.7. The first-order valence-corrected chi connectivity index (χ1v) is 13.6. The Morgan fingerprint density at radius 3 is 2.28 bits per heavy atom. The zero-order chi connectivity index (χ0) is 28.2. The molecular weight excluding hydrogens is 518 g/mol. The quantitative estimate of drug-likeness (QED) is 0.296. The molecule has 39 heavy (non-hydrogen) atoms. The Balaban J connectivity index is 1.40. The van der Waals surface area contributed by atoms with E-state index >= 15 is 0 Å². The van der Waals surface area contributed by atoms with Crippen molar-refractivity contribution in [2.24, 2.45) is 0 Å². The maximum Gasteiger partial charge on any atom is 0.313 e. The molecule has 0 unspecified atom stereocenters. The van der Waals surface area contributed by atoms with Crippen molar-refractivity contribution in [1.29, 1.82) is 0 Å². The number of hydrogen-bond donors (Lipinski definition) is 3. The van der Waals surface area contributed by atoms with E-state index in [1.807, 2.05) is 12.1 Å². The summed E-state index contributed by atoms with van der Waals surface area (Å²) in [6.07, 6.45) is 0. The number of anilines is 1. The van der Waals surface area contributed by atoms with Gasteiger partial charge in [0.05, 0.1) is 4.90 Å². The fourth-order valence-electron chi connectivity index (χ4n) is 3.82. The van der Waals surface area contributed by atoms with Crippen molar-refractivity contribution in [3.05, 3.63) is 84.3 Å². The van der Waals surface area contributed by atoms with Gasteiger partial charge in [0.15, 0.2) is 0 Å². The highest BCUT2D eigenvalue weighted by Gasteiger charge is 2.24. The van der Waals surface area contributed by atoms with Crippen molar-refractivity contribution in [2.45, 2.75) is 44.7 Å². The lowest BCUT2D eigenvalue weighted by Crippen LogP contribution is -2.40. The summed E-state index contributed by atoms with van der Waals surface area (Å²) in [4.78, 5) is 29.2. The van der Waals surface area contributed by atoms with Gasteiger partial charge in [-0.15, -0.1) is 0 Å². The molecule has 0 radical (unpaired) electrons. The number of nitrogens with zero attached hydrogens (tertiary/aromatic N) is 2. The lowest BCUT2D eigenvalue weighted by atomic mass is 10.1. The highest BCUT2D eigenvalue weighted by atomic mass is 32.2. The number of hydrogen-bond acceptors (Lipinski definition) is 7. The average Bonchev–Trinajstić information content (AvgIpc) is 3.33. The molecule has 0 atom stereocenters. The molecule has 0 aliphatic carbocycles. The molecule has 4 aromatic rings. The predicted octanol–water partition coefficient (Wildman–Crippen LogP) is 4.04. The minimum absolute atomic E-state index is 0.129. The lowest BCUT2D eigenvalue weighted by Gasteiger charge is -2.21. The van der Waals surface area contributed by atoms with Crippen LogP contribution in [-0.2, 0) is 26.2 Å². The fraction of sp³-hybridized carbons (Fsp3) is 0.214. The molecule has 10 nitrogen and oxygen atoms in total. The van der Waals surface area contributed by atoms with Gasteiger partial charge in [0.25, 0.3) is 0 Å². The first-order chi connectivity index (χ1) is 18.4. The van der Waals surface area contributed by atoms with Gasteiger partial charge in [-0.3, -0.25) is 9.59 Å². The maximum absolute atomic E-state index is 13.0. The number of carbonyl (C=O) groups is 2. The number of sulfonamides is 1. The van der Waals surface area contributed by atoms with Gasteiger partial charge >= 0.3 is 11.8 Å². The summed E-state index contributed by atoms with van der Waals surface area (Å²) in [5.74, 6) is -0.748. The molecular formula is C28H29N5O5S. The van der Waals surface area contributed by atoms with E-state index in [0.717, 1.165) is 11.1 Å².